The van der Waals surface area contributed by atoms with Crippen LogP contribution in [-0.4, -0.2) is 32.0 Å². The van der Waals surface area contributed by atoms with E-state index in [0.717, 1.165) is 16.1 Å². The van der Waals surface area contributed by atoms with Gasteiger partial charge in [-0.1, -0.05) is 36.4 Å². The molecule has 3 rings (SSSR count). The number of nitro groups is 1. The van der Waals surface area contributed by atoms with Crippen molar-refractivity contribution in [2.24, 2.45) is 0 Å². The van der Waals surface area contributed by atoms with Gasteiger partial charge in [0.25, 0.3) is 5.69 Å². The Bertz CT molecular complexity index is 1240. The Hall–Kier alpha value is -3.92. The molecule has 0 aliphatic heterocycles. The van der Waals surface area contributed by atoms with E-state index < -0.39 is 27.4 Å². The van der Waals surface area contributed by atoms with Crippen LogP contribution in [0.15, 0.2) is 72.8 Å². The first-order valence-electron chi connectivity index (χ1n) is 9.93. The zero-order valence-electron chi connectivity index (χ0n) is 18.1. The molecule has 0 fully saturated rings. The van der Waals surface area contributed by atoms with Crippen molar-refractivity contribution in [2.45, 2.75) is 13.5 Å². The monoisotopic (exact) mass is 469 g/mol. The number of non-ortho nitro benzene ring substituents is 1. The SMILES string of the molecule is Cc1ccc([N+](=O)[O-])cc1NC(=O)CN(c1ccc(OCc2ccccc2)cc1)S(C)(=O)=O. The van der Waals surface area contributed by atoms with Crippen molar-refractivity contribution in [1.82, 2.24) is 0 Å². The molecule has 0 saturated carbocycles. The molecule has 10 heteroatoms. The third kappa shape index (κ3) is 6.53. The molecule has 0 aromatic heterocycles. The highest BCUT2D eigenvalue weighted by Gasteiger charge is 2.22. The first-order valence-corrected chi connectivity index (χ1v) is 11.8. The molecule has 3 aromatic rings. The van der Waals surface area contributed by atoms with Gasteiger partial charge in [-0.15, -0.1) is 0 Å². The minimum absolute atomic E-state index is 0.179. The van der Waals surface area contributed by atoms with Gasteiger partial charge in [0, 0.05) is 12.1 Å². The minimum atomic E-state index is -3.78. The number of carbonyl (C=O) groups is 1. The van der Waals surface area contributed by atoms with Crippen molar-refractivity contribution in [1.29, 1.82) is 0 Å². The van der Waals surface area contributed by atoms with Crippen LogP contribution in [0, 0.1) is 17.0 Å². The number of benzene rings is 3. The fraction of sp³-hybridized carbons (Fsp3) is 0.174. The molecule has 0 spiro atoms. The second-order valence-corrected chi connectivity index (χ2v) is 9.25. The van der Waals surface area contributed by atoms with Crippen LogP contribution in [0.2, 0.25) is 0 Å². The largest absolute Gasteiger partial charge is 0.489 e. The van der Waals surface area contributed by atoms with Gasteiger partial charge in [0.15, 0.2) is 0 Å². The van der Waals surface area contributed by atoms with E-state index in [1.807, 2.05) is 30.3 Å². The van der Waals surface area contributed by atoms with Crippen molar-refractivity contribution in [2.75, 3.05) is 22.4 Å². The Morgan fingerprint density at radius 2 is 1.73 bits per heavy atom. The van der Waals surface area contributed by atoms with Gasteiger partial charge in [-0.05, 0) is 42.3 Å². The summed E-state index contributed by atoms with van der Waals surface area (Å²) < 4.78 is 31.4. The lowest BCUT2D eigenvalue weighted by Crippen LogP contribution is -2.37. The number of carbonyl (C=O) groups excluding carboxylic acids is 1. The average Bonchev–Trinajstić information content (AvgIpc) is 2.78. The normalized spacial score (nSPS) is 11.0. The highest BCUT2D eigenvalue weighted by atomic mass is 32.2. The summed E-state index contributed by atoms with van der Waals surface area (Å²) in [5, 5.41) is 13.5. The predicted octanol–water partition coefficient (Wildman–Crippen LogP) is 3.89. The standard InChI is InChI=1S/C23H23N3O6S/c1-17-8-9-20(26(28)29)14-22(17)24-23(27)15-25(33(2,30)31)19-10-12-21(13-11-19)32-16-18-6-4-3-5-7-18/h3-14H,15-16H2,1-2H3,(H,24,27). The zero-order chi connectivity index (χ0) is 24.0. The fourth-order valence-electron chi connectivity index (χ4n) is 3.03. The second kappa shape index (κ2) is 10.1. The fourth-order valence-corrected chi connectivity index (χ4v) is 3.88. The summed E-state index contributed by atoms with van der Waals surface area (Å²) in [5.41, 5.74) is 1.96. The van der Waals surface area contributed by atoms with Gasteiger partial charge in [0.2, 0.25) is 15.9 Å². The predicted molar refractivity (Wildman–Crippen MR) is 126 cm³/mol. The number of hydrogen-bond acceptors (Lipinski definition) is 6. The summed E-state index contributed by atoms with van der Waals surface area (Å²) in [6.07, 6.45) is 0.999. The molecule has 0 radical (unpaired) electrons. The molecule has 0 saturated heterocycles. The van der Waals surface area contributed by atoms with E-state index in [4.69, 9.17) is 4.74 Å². The van der Waals surface area contributed by atoms with Gasteiger partial charge in [-0.3, -0.25) is 19.2 Å². The van der Waals surface area contributed by atoms with Crippen LogP contribution in [0.25, 0.3) is 0 Å². The van der Waals surface area contributed by atoms with Crippen molar-refractivity contribution in [3.8, 4) is 5.75 Å². The summed E-state index contributed by atoms with van der Waals surface area (Å²) in [6.45, 7) is 1.55. The van der Waals surface area contributed by atoms with E-state index in [1.54, 1.807) is 31.2 Å². The number of nitro benzene ring substituents is 1. The molecule has 1 amide bonds. The summed E-state index contributed by atoms with van der Waals surface area (Å²) in [5.74, 6) is -0.0823. The van der Waals surface area contributed by atoms with Gasteiger partial charge in [-0.2, -0.15) is 0 Å². The lowest BCUT2D eigenvalue weighted by molar-refractivity contribution is -0.384. The molecule has 0 atom stereocenters. The third-order valence-electron chi connectivity index (χ3n) is 4.77. The Labute approximate surface area is 191 Å². The first kappa shape index (κ1) is 23.7. The molecule has 172 valence electrons. The smallest absolute Gasteiger partial charge is 0.271 e. The molecular formula is C23H23N3O6S. The van der Waals surface area contributed by atoms with E-state index >= 15 is 0 Å². The molecule has 9 nitrogen and oxygen atoms in total. The van der Waals surface area contributed by atoms with E-state index in [1.165, 1.54) is 18.2 Å². The number of rotatable bonds is 9. The average molecular weight is 470 g/mol. The lowest BCUT2D eigenvalue weighted by atomic mass is 10.2. The molecular weight excluding hydrogens is 446 g/mol. The molecule has 0 heterocycles. The number of nitrogens with zero attached hydrogens (tertiary/aromatic N) is 2. The molecule has 33 heavy (non-hydrogen) atoms. The van der Waals surface area contributed by atoms with Crippen LogP contribution in [-0.2, 0) is 21.4 Å². The van der Waals surface area contributed by atoms with E-state index in [9.17, 15) is 23.3 Å². The highest BCUT2D eigenvalue weighted by molar-refractivity contribution is 7.92. The molecule has 0 aliphatic rings. The van der Waals surface area contributed by atoms with E-state index in [-0.39, 0.29) is 17.1 Å². The zero-order valence-corrected chi connectivity index (χ0v) is 18.9. The van der Waals surface area contributed by atoms with Crippen LogP contribution < -0.4 is 14.4 Å². The lowest BCUT2D eigenvalue weighted by Gasteiger charge is -2.22. The quantitative estimate of drug-likeness (QED) is 0.375. The van der Waals surface area contributed by atoms with Crippen molar-refractivity contribution in [3.05, 3.63) is 94.0 Å². The molecule has 0 unspecified atom stereocenters. The number of aryl methyl sites for hydroxylation is 1. The second-order valence-electron chi connectivity index (χ2n) is 7.34. The summed E-state index contributed by atoms with van der Waals surface area (Å²) >= 11 is 0. The summed E-state index contributed by atoms with van der Waals surface area (Å²) in [7, 11) is -3.78. The molecule has 3 aromatic carbocycles. The number of nitrogens with one attached hydrogen (secondary N) is 1. The maximum Gasteiger partial charge on any atom is 0.271 e. The third-order valence-corrected chi connectivity index (χ3v) is 5.91. The maximum absolute atomic E-state index is 12.6. The Morgan fingerprint density at radius 1 is 1.06 bits per heavy atom. The minimum Gasteiger partial charge on any atom is -0.489 e. The van der Waals surface area contributed by atoms with Crippen LogP contribution >= 0.6 is 0 Å². The van der Waals surface area contributed by atoms with Crippen LogP contribution in [0.1, 0.15) is 11.1 Å². The first-order chi connectivity index (χ1) is 15.6. The van der Waals surface area contributed by atoms with Crippen LogP contribution in [0.5, 0.6) is 5.75 Å². The van der Waals surface area contributed by atoms with E-state index in [0.29, 0.717) is 17.9 Å². The van der Waals surface area contributed by atoms with Gasteiger partial charge < -0.3 is 10.1 Å². The molecule has 0 bridgehead atoms. The Balaban J connectivity index is 1.72. The van der Waals surface area contributed by atoms with Crippen LogP contribution in [0.4, 0.5) is 17.1 Å². The van der Waals surface area contributed by atoms with Crippen molar-refractivity contribution in [3.63, 3.8) is 0 Å². The Morgan fingerprint density at radius 3 is 2.33 bits per heavy atom. The summed E-state index contributed by atoms with van der Waals surface area (Å²) in [6, 6.07) is 20.0. The number of sulfonamides is 1. The van der Waals surface area contributed by atoms with Gasteiger partial charge in [-0.25, -0.2) is 8.42 Å². The number of anilines is 2. The number of ether oxygens (including phenoxy) is 1. The van der Waals surface area contributed by atoms with Crippen LogP contribution in [0.3, 0.4) is 0 Å². The Kier molecular flexibility index (Phi) is 7.29. The van der Waals surface area contributed by atoms with Gasteiger partial charge in [0.05, 0.1) is 22.6 Å². The summed E-state index contributed by atoms with van der Waals surface area (Å²) in [4.78, 5) is 23.0. The topological polar surface area (TPSA) is 119 Å². The number of amides is 1. The van der Waals surface area contributed by atoms with Crippen molar-refractivity contribution < 1.29 is 22.9 Å². The number of hydrogen-bond donors (Lipinski definition) is 1. The van der Waals surface area contributed by atoms with Gasteiger partial charge >= 0.3 is 0 Å². The van der Waals surface area contributed by atoms with E-state index in [2.05, 4.69) is 5.32 Å². The van der Waals surface area contributed by atoms with Crippen molar-refractivity contribution >= 4 is 33.0 Å². The highest BCUT2D eigenvalue weighted by Crippen LogP contribution is 2.24. The van der Waals surface area contributed by atoms with Gasteiger partial charge in [0.1, 0.15) is 18.9 Å². The maximum atomic E-state index is 12.6. The molecule has 0 aliphatic carbocycles. The molecule has 1 N–H and O–H groups in total.